The zero-order valence-electron chi connectivity index (χ0n) is 7.46. The molecule has 0 aromatic carbocycles. The van der Waals surface area contributed by atoms with Crippen LogP contribution in [-0.2, 0) is 4.79 Å². The molecule has 0 spiro atoms. The van der Waals surface area contributed by atoms with Crippen molar-refractivity contribution in [2.45, 2.75) is 31.7 Å². The lowest BCUT2D eigenvalue weighted by atomic mass is 10.1. The maximum absolute atomic E-state index is 12.7. The molecule has 0 aromatic heterocycles. The highest BCUT2D eigenvalue weighted by Crippen LogP contribution is 2.28. The Morgan fingerprint density at radius 1 is 1.46 bits per heavy atom. The molecule has 5 heteroatoms. The minimum Gasteiger partial charge on any atom is -0.480 e. The third kappa shape index (κ3) is 2.62. The van der Waals surface area contributed by atoms with Crippen molar-refractivity contribution in [2.24, 2.45) is 0 Å². The molecule has 0 bridgehead atoms. The Morgan fingerprint density at radius 3 is 2.31 bits per heavy atom. The van der Waals surface area contributed by atoms with Gasteiger partial charge in [-0.2, -0.15) is 0 Å². The van der Waals surface area contributed by atoms with Crippen molar-refractivity contribution in [1.82, 2.24) is 4.90 Å². The molecule has 1 heterocycles. The van der Waals surface area contributed by atoms with E-state index in [-0.39, 0.29) is 25.9 Å². The molecule has 76 valence electrons. The minimum absolute atomic E-state index is 0.167. The van der Waals surface area contributed by atoms with Crippen molar-refractivity contribution < 1.29 is 18.7 Å². The van der Waals surface area contributed by atoms with Crippen LogP contribution in [0.3, 0.4) is 0 Å². The molecule has 0 amide bonds. The number of carboxylic acids is 1. The summed E-state index contributed by atoms with van der Waals surface area (Å²) in [5.41, 5.74) is 0. The van der Waals surface area contributed by atoms with E-state index < -0.39 is 17.9 Å². The number of piperidine rings is 1. The van der Waals surface area contributed by atoms with Gasteiger partial charge in [-0.15, -0.1) is 0 Å². The van der Waals surface area contributed by atoms with E-state index in [9.17, 15) is 13.6 Å². The largest absolute Gasteiger partial charge is 0.480 e. The fourth-order valence-electron chi connectivity index (χ4n) is 1.39. The highest BCUT2D eigenvalue weighted by molar-refractivity contribution is 5.72. The van der Waals surface area contributed by atoms with E-state index in [1.807, 2.05) is 0 Å². The highest BCUT2D eigenvalue weighted by atomic mass is 19.3. The zero-order chi connectivity index (χ0) is 10.1. The monoisotopic (exact) mass is 193 g/mol. The molecule has 13 heavy (non-hydrogen) atoms. The molecule has 1 N–H and O–H groups in total. The van der Waals surface area contributed by atoms with Crippen LogP contribution in [0.2, 0.25) is 0 Å². The second-order valence-corrected chi connectivity index (χ2v) is 3.41. The molecular weight excluding hydrogens is 180 g/mol. The molecule has 0 saturated carbocycles. The van der Waals surface area contributed by atoms with Crippen LogP contribution in [0.25, 0.3) is 0 Å². The predicted octanol–water partition coefficient (Wildman–Crippen LogP) is 1.19. The van der Waals surface area contributed by atoms with Crippen molar-refractivity contribution in [3.05, 3.63) is 0 Å². The third-order valence-electron chi connectivity index (χ3n) is 2.43. The van der Waals surface area contributed by atoms with E-state index in [1.54, 1.807) is 4.90 Å². The first kappa shape index (κ1) is 10.4. The van der Waals surface area contributed by atoms with Crippen LogP contribution in [0.5, 0.6) is 0 Å². The van der Waals surface area contributed by atoms with E-state index in [0.29, 0.717) is 0 Å². The Balaban J connectivity index is 2.45. The second-order valence-electron chi connectivity index (χ2n) is 3.41. The van der Waals surface area contributed by atoms with Crippen LogP contribution < -0.4 is 0 Å². The van der Waals surface area contributed by atoms with Gasteiger partial charge in [-0.05, 0) is 6.92 Å². The predicted molar refractivity (Wildman–Crippen MR) is 42.9 cm³/mol. The first-order valence-corrected chi connectivity index (χ1v) is 4.27. The smallest absolute Gasteiger partial charge is 0.320 e. The van der Waals surface area contributed by atoms with Crippen LogP contribution in [-0.4, -0.2) is 41.0 Å². The molecule has 1 aliphatic heterocycles. The molecule has 0 aromatic rings. The number of hydrogen-bond donors (Lipinski definition) is 1. The number of hydrogen-bond acceptors (Lipinski definition) is 2. The summed E-state index contributed by atoms with van der Waals surface area (Å²) in [4.78, 5) is 12.1. The molecule has 3 nitrogen and oxygen atoms in total. The maximum atomic E-state index is 12.7. The summed E-state index contributed by atoms with van der Waals surface area (Å²) in [7, 11) is 0. The van der Waals surface area contributed by atoms with E-state index in [2.05, 4.69) is 0 Å². The average Bonchev–Trinajstić information content (AvgIpc) is 2.03. The Kier molecular flexibility index (Phi) is 2.85. The van der Waals surface area contributed by atoms with E-state index in [1.165, 1.54) is 6.92 Å². The van der Waals surface area contributed by atoms with Gasteiger partial charge in [0.25, 0.3) is 5.92 Å². The zero-order valence-corrected chi connectivity index (χ0v) is 7.46. The van der Waals surface area contributed by atoms with Gasteiger partial charge in [0.2, 0.25) is 0 Å². The number of carbonyl (C=O) groups is 1. The number of aliphatic carboxylic acids is 1. The summed E-state index contributed by atoms with van der Waals surface area (Å²) in [5.74, 6) is -3.56. The Bertz CT molecular complexity index is 198. The molecule has 1 unspecified atom stereocenters. The number of carboxylic acid groups (broad SMARTS) is 1. The van der Waals surface area contributed by atoms with E-state index in [0.717, 1.165) is 0 Å². The summed E-state index contributed by atoms with van der Waals surface area (Å²) >= 11 is 0. The molecule has 0 radical (unpaired) electrons. The van der Waals surface area contributed by atoms with Gasteiger partial charge in [-0.25, -0.2) is 8.78 Å². The Morgan fingerprint density at radius 2 is 1.92 bits per heavy atom. The quantitative estimate of drug-likeness (QED) is 0.716. The van der Waals surface area contributed by atoms with Gasteiger partial charge in [-0.1, -0.05) is 0 Å². The van der Waals surface area contributed by atoms with Gasteiger partial charge in [0.05, 0.1) is 0 Å². The van der Waals surface area contributed by atoms with Gasteiger partial charge in [0.1, 0.15) is 6.04 Å². The van der Waals surface area contributed by atoms with Gasteiger partial charge >= 0.3 is 5.97 Å². The van der Waals surface area contributed by atoms with Gasteiger partial charge in [0.15, 0.2) is 0 Å². The molecule has 0 aliphatic carbocycles. The summed E-state index contributed by atoms with van der Waals surface area (Å²) < 4.78 is 25.3. The van der Waals surface area contributed by atoms with Crippen LogP contribution in [0.4, 0.5) is 8.78 Å². The van der Waals surface area contributed by atoms with Crippen molar-refractivity contribution in [1.29, 1.82) is 0 Å². The number of alkyl halides is 2. The normalized spacial score (nSPS) is 25.5. The summed E-state index contributed by atoms with van der Waals surface area (Å²) in [6, 6.07) is -0.656. The molecule has 1 fully saturated rings. The second kappa shape index (κ2) is 3.57. The maximum Gasteiger partial charge on any atom is 0.320 e. The van der Waals surface area contributed by atoms with E-state index >= 15 is 0 Å². The first-order valence-electron chi connectivity index (χ1n) is 4.27. The van der Waals surface area contributed by atoms with Gasteiger partial charge in [-0.3, -0.25) is 9.69 Å². The Hall–Kier alpha value is -0.710. The summed E-state index contributed by atoms with van der Waals surface area (Å²) in [6.07, 6.45) is -0.463. The average molecular weight is 193 g/mol. The van der Waals surface area contributed by atoms with E-state index in [4.69, 9.17) is 5.11 Å². The summed E-state index contributed by atoms with van der Waals surface area (Å²) in [5, 5.41) is 8.64. The van der Waals surface area contributed by atoms with Crippen molar-refractivity contribution >= 4 is 5.97 Å². The number of likely N-dealkylation sites (tertiary alicyclic amines) is 1. The molecular formula is C8H13F2NO2. The van der Waals surface area contributed by atoms with Crippen LogP contribution in [0.15, 0.2) is 0 Å². The number of rotatable bonds is 2. The lowest BCUT2D eigenvalue weighted by molar-refractivity contribution is -0.145. The van der Waals surface area contributed by atoms with Crippen molar-refractivity contribution in [3.63, 3.8) is 0 Å². The van der Waals surface area contributed by atoms with Crippen LogP contribution in [0.1, 0.15) is 19.8 Å². The standard InChI is InChI=1S/C8H13F2NO2/c1-6(7(12)13)11-4-2-8(9,10)3-5-11/h6H,2-5H2,1H3,(H,12,13). The first-order chi connectivity index (χ1) is 5.92. The number of nitrogens with zero attached hydrogens (tertiary/aromatic N) is 1. The molecule has 1 rings (SSSR count). The van der Waals surface area contributed by atoms with Crippen LogP contribution in [0, 0.1) is 0 Å². The fourth-order valence-corrected chi connectivity index (χ4v) is 1.39. The molecule has 1 saturated heterocycles. The Labute approximate surface area is 75.3 Å². The summed E-state index contributed by atoms with van der Waals surface area (Å²) in [6.45, 7) is 1.85. The SMILES string of the molecule is CC(C(=O)O)N1CCC(F)(F)CC1. The van der Waals surface area contributed by atoms with Crippen molar-refractivity contribution in [2.75, 3.05) is 13.1 Å². The lowest BCUT2D eigenvalue weighted by Gasteiger charge is -2.33. The minimum atomic E-state index is -2.60. The topological polar surface area (TPSA) is 40.5 Å². The molecule has 1 aliphatic rings. The fraction of sp³-hybridized carbons (Fsp3) is 0.875. The highest BCUT2D eigenvalue weighted by Gasteiger charge is 2.36. The number of halogens is 2. The van der Waals surface area contributed by atoms with Gasteiger partial charge in [0, 0.05) is 25.9 Å². The van der Waals surface area contributed by atoms with Crippen molar-refractivity contribution in [3.8, 4) is 0 Å². The van der Waals surface area contributed by atoms with Gasteiger partial charge < -0.3 is 5.11 Å². The lowest BCUT2D eigenvalue weighted by Crippen LogP contribution is -2.46. The molecule has 1 atom stereocenters. The van der Waals surface area contributed by atoms with Crippen LogP contribution >= 0.6 is 0 Å². The third-order valence-corrected chi connectivity index (χ3v) is 2.43.